The summed E-state index contributed by atoms with van der Waals surface area (Å²) in [6, 6.07) is 13.8. The monoisotopic (exact) mass is 485 g/mol. The van der Waals surface area contributed by atoms with Gasteiger partial charge in [-0.15, -0.1) is 0 Å². The zero-order valence-electron chi connectivity index (χ0n) is 19.9. The Morgan fingerprint density at radius 2 is 1.77 bits per heavy atom. The van der Waals surface area contributed by atoms with Crippen LogP contribution in [-0.4, -0.2) is 40.1 Å². The first-order valence-electron chi connectivity index (χ1n) is 11.7. The molecule has 186 valence electrons. The van der Waals surface area contributed by atoms with E-state index < -0.39 is 12.1 Å². The van der Waals surface area contributed by atoms with E-state index in [-0.39, 0.29) is 12.8 Å². The average molecular weight is 486 g/mol. The largest absolute Gasteiger partial charge is 0.391 e. The molecule has 1 N–H and O–H groups in total. The quantitative estimate of drug-likeness (QED) is 0.434. The van der Waals surface area contributed by atoms with Crippen LogP contribution in [0.4, 0.5) is 30.2 Å². The van der Waals surface area contributed by atoms with Gasteiger partial charge < -0.3 is 19.7 Å². The molecule has 1 amide bonds. The number of nitrogens with one attached hydrogen (secondary N) is 1. The number of aryl methyl sites for hydroxylation is 2. The lowest BCUT2D eigenvalue weighted by Gasteiger charge is -2.34. The Labute approximate surface area is 203 Å². The molecular formula is C26H30F3N5O. The van der Waals surface area contributed by atoms with Gasteiger partial charge in [-0.25, -0.2) is 4.98 Å². The molecule has 2 aromatic carbocycles. The Hall–Kier alpha value is -3.49. The van der Waals surface area contributed by atoms with Gasteiger partial charge in [0.05, 0.1) is 24.5 Å². The van der Waals surface area contributed by atoms with Crippen molar-refractivity contribution in [3.05, 3.63) is 71.8 Å². The summed E-state index contributed by atoms with van der Waals surface area (Å²) in [6.45, 7) is 3.78. The Morgan fingerprint density at radius 3 is 2.37 bits per heavy atom. The molecule has 9 heteroatoms. The van der Waals surface area contributed by atoms with Crippen LogP contribution < -0.4 is 10.2 Å². The zero-order chi connectivity index (χ0) is 25.0. The molecule has 1 aromatic heterocycles. The van der Waals surface area contributed by atoms with Crippen molar-refractivity contribution in [1.29, 1.82) is 0 Å². The number of benzene rings is 2. The molecule has 1 fully saturated rings. The highest BCUT2D eigenvalue weighted by atomic mass is 19.4. The number of anilines is 3. The highest BCUT2D eigenvalue weighted by Gasteiger charge is 2.41. The molecule has 6 nitrogen and oxygen atoms in total. The Balaban J connectivity index is 1.38. The predicted octanol–water partition coefficient (Wildman–Crippen LogP) is 5.41. The third-order valence-corrected chi connectivity index (χ3v) is 6.63. The highest BCUT2D eigenvalue weighted by molar-refractivity contribution is 5.64. The first-order valence-corrected chi connectivity index (χ1v) is 11.7. The van der Waals surface area contributed by atoms with Crippen LogP contribution in [0.15, 0.2) is 55.0 Å². The standard InChI is InChI=1S/C26H30F3N5O/c1-19-3-4-23(13-20(19)15-33(18-35)16-25-14-30-17-32(25)2)31-22-5-7-24(8-6-22)34-11-9-21(10-12-34)26(27,28)29/h3-8,13-14,17-18,21,31H,9-12,15-16H2,1-2H3. The molecular weight excluding hydrogens is 455 g/mol. The van der Waals surface area contributed by atoms with Crippen molar-refractivity contribution >= 4 is 23.5 Å². The van der Waals surface area contributed by atoms with Crippen molar-refractivity contribution in [2.45, 2.75) is 39.0 Å². The van der Waals surface area contributed by atoms with E-state index in [1.54, 1.807) is 17.4 Å². The highest BCUT2D eigenvalue weighted by Crippen LogP contribution is 2.35. The van der Waals surface area contributed by atoms with Gasteiger partial charge in [0.2, 0.25) is 6.41 Å². The fourth-order valence-corrected chi connectivity index (χ4v) is 4.40. The number of carbonyl (C=O) groups excluding carboxylic acids is 1. The summed E-state index contributed by atoms with van der Waals surface area (Å²) >= 11 is 0. The molecule has 1 saturated heterocycles. The van der Waals surface area contributed by atoms with E-state index >= 15 is 0 Å². The lowest BCUT2D eigenvalue weighted by Crippen LogP contribution is -2.38. The maximum Gasteiger partial charge on any atom is 0.391 e. The van der Waals surface area contributed by atoms with Gasteiger partial charge in [-0.3, -0.25) is 4.79 Å². The number of aromatic nitrogens is 2. The molecule has 0 unspecified atom stereocenters. The fourth-order valence-electron chi connectivity index (χ4n) is 4.40. The van der Waals surface area contributed by atoms with Crippen molar-refractivity contribution in [1.82, 2.24) is 14.5 Å². The maximum absolute atomic E-state index is 12.9. The van der Waals surface area contributed by atoms with Crippen LogP contribution in [0.2, 0.25) is 0 Å². The van der Waals surface area contributed by atoms with E-state index in [0.717, 1.165) is 40.3 Å². The predicted molar refractivity (Wildman–Crippen MR) is 130 cm³/mol. The first kappa shape index (κ1) is 24.6. The molecule has 35 heavy (non-hydrogen) atoms. The molecule has 2 heterocycles. The smallest absolute Gasteiger partial charge is 0.372 e. The minimum Gasteiger partial charge on any atom is -0.372 e. The summed E-state index contributed by atoms with van der Waals surface area (Å²) in [5.74, 6) is -1.20. The number of piperidine rings is 1. The van der Waals surface area contributed by atoms with Gasteiger partial charge in [-0.1, -0.05) is 6.07 Å². The second kappa shape index (κ2) is 10.4. The summed E-state index contributed by atoms with van der Waals surface area (Å²) in [5, 5.41) is 3.39. The van der Waals surface area contributed by atoms with Crippen molar-refractivity contribution in [2.75, 3.05) is 23.3 Å². The van der Waals surface area contributed by atoms with Crippen molar-refractivity contribution in [3.8, 4) is 0 Å². The normalized spacial score (nSPS) is 14.7. The molecule has 0 aliphatic carbocycles. The fraction of sp³-hybridized carbons (Fsp3) is 0.385. The summed E-state index contributed by atoms with van der Waals surface area (Å²) in [7, 11) is 1.90. The van der Waals surface area contributed by atoms with Crippen molar-refractivity contribution < 1.29 is 18.0 Å². The summed E-state index contributed by atoms with van der Waals surface area (Å²) in [5.41, 5.74) is 5.79. The van der Waals surface area contributed by atoms with Gasteiger partial charge in [-0.2, -0.15) is 13.2 Å². The van der Waals surface area contributed by atoms with Gasteiger partial charge >= 0.3 is 6.18 Å². The number of hydrogen-bond donors (Lipinski definition) is 1. The summed E-state index contributed by atoms with van der Waals surface area (Å²) < 4.78 is 40.7. The number of halogens is 3. The molecule has 0 bridgehead atoms. The third kappa shape index (κ3) is 6.15. The Morgan fingerprint density at radius 1 is 1.09 bits per heavy atom. The van der Waals surface area contributed by atoms with Crippen molar-refractivity contribution in [2.24, 2.45) is 13.0 Å². The lowest BCUT2D eigenvalue weighted by atomic mass is 9.96. The molecule has 1 aliphatic heterocycles. The Kier molecular flexibility index (Phi) is 7.33. The molecule has 4 rings (SSSR count). The van der Waals surface area contributed by atoms with E-state index in [0.29, 0.717) is 26.2 Å². The molecule has 3 aromatic rings. The van der Waals surface area contributed by atoms with Gasteiger partial charge in [0.1, 0.15) is 0 Å². The molecule has 0 spiro atoms. The lowest BCUT2D eigenvalue weighted by molar-refractivity contribution is -0.179. The van der Waals surface area contributed by atoms with E-state index in [1.165, 1.54) is 0 Å². The minimum atomic E-state index is -4.10. The molecule has 0 saturated carbocycles. The second-order valence-electron chi connectivity index (χ2n) is 9.12. The number of hydrogen-bond acceptors (Lipinski definition) is 4. The minimum absolute atomic E-state index is 0.133. The van der Waals surface area contributed by atoms with Gasteiger partial charge in [0.15, 0.2) is 0 Å². The topological polar surface area (TPSA) is 53.4 Å². The number of imidazole rings is 1. The van der Waals surface area contributed by atoms with Crippen LogP contribution in [0, 0.1) is 12.8 Å². The number of alkyl halides is 3. The summed E-state index contributed by atoms with van der Waals surface area (Å²) in [4.78, 5) is 19.5. The number of rotatable bonds is 8. The van der Waals surface area contributed by atoms with E-state index in [1.807, 2.05) is 65.9 Å². The first-order chi connectivity index (χ1) is 16.7. The Bertz CT molecular complexity index is 1130. The molecule has 0 atom stereocenters. The van der Waals surface area contributed by atoms with E-state index in [4.69, 9.17) is 0 Å². The average Bonchev–Trinajstić information content (AvgIpc) is 3.25. The van der Waals surface area contributed by atoms with Gasteiger partial charge in [-0.05, 0) is 67.3 Å². The number of amides is 1. The van der Waals surface area contributed by atoms with Crippen LogP contribution >= 0.6 is 0 Å². The summed E-state index contributed by atoms with van der Waals surface area (Å²) in [6.07, 6.45) is 0.479. The number of carbonyl (C=O) groups is 1. The van der Waals surface area contributed by atoms with Gasteiger partial charge in [0.25, 0.3) is 0 Å². The molecule has 0 radical (unpaired) electrons. The zero-order valence-corrected chi connectivity index (χ0v) is 19.9. The van der Waals surface area contributed by atoms with Gasteiger partial charge in [0, 0.05) is 49.9 Å². The van der Waals surface area contributed by atoms with Crippen LogP contribution in [0.5, 0.6) is 0 Å². The van der Waals surface area contributed by atoms with E-state index in [2.05, 4.69) is 10.3 Å². The van der Waals surface area contributed by atoms with Crippen LogP contribution in [0.3, 0.4) is 0 Å². The number of nitrogens with zero attached hydrogens (tertiary/aromatic N) is 4. The maximum atomic E-state index is 12.9. The SMILES string of the molecule is Cc1ccc(Nc2ccc(N3CCC(C(F)(F)F)CC3)cc2)cc1CN(C=O)Cc1cncn1C. The van der Waals surface area contributed by atoms with Crippen LogP contribution in [0.25, 0.3) is 0 Å². The van der Waals surface area contributed by atoms with E-state index in [9.17, 15) is 18.0 Å². The van der Waals surface area contributed by atoms with Crippen molar-refractivity contribution in [3.63, 3.8) is 0 Å². The molecule has 1 aliphatic rings. The second-order valence-corrected chi connectivity index (χ2v) is 9.12. The van der Waals surface area contributed by atoms with Crippen LogP contribution in [-0.2, 0) is 24.9 Å². The third-order valence-electron chi connectivity index (χ3n) is 6.63. The van der Waals surface area contributed by atoms with Crippen LogP contribution in [0.1, 0.15) is 29.7 Å².